The highest BCUT2D eigenvalue weighted by molar-refractivity contribution is 6.28. The van der Waals surface area contributed by atoms with E-state index in [-0.39, 0.29) is 5.28 Å². The van der Waals surface area contributed by atoms with Crippen molar-refractivity contribution >= 4 is 17.5 Å². The van der Waals surface area contributed by atoms with Crippen molar-refractivity contribution in [1.29, 1.82) is 0 Å². The summed E-state index contributed by atoms with van der Waals surface area (Å²) < 4.78 is 1.76. The van der Waals surface area contributed by atoms with Crippen LogP contribution in [0, 0.1) is 0 Å². The minimum absolute atomic E-state index is 0.192. The summed E-state index contributed by atoms with van der Waals surface area (Å²) >= 11 is 6.06. The van der Waals surface area contributed by atoms with Gasteiger partial charge in [-0.15, -0.1) is 0 Å². The van der Waals surface area contributed by atoms with Gasteiger partial charge in [0.1, 0.15) is 0 Å². The summed E-state index contributed by atoms with van der Waals surface area (Å²) in [6, 6.07) is 2.08. The number of hydrogen-bond donors (Lipinski definition) is 0. The molecule has 0 fully saturated rings. The average Bonchev–Trinajstić information content (AvgIpc) is 2.91. The molecule has 0 aliphatic carbocycles. The minimum Gasteiger partial charge on any atom is -0.341 e. The summed E-state index contributed by atoms with van der Waals surface area (Å²) in [6.07, 6.45) is 1.73. The van der Waals surface area contributed by atoms with E-state index in [2.05, 4.69) is 53.8 Å². The Morgan fingerprint density at radius 3 is 2.33 bits per heavy atom. The van der Waals surface area contributed by atoms with Crippen molar-refractivity contribution < 1.29 is 0 Å². The maximum atomic E-state index is 6.06. The Hall–Kier alpha value is -1.69. The lowest BCUT2D eigenvalue weighted by Crippen LogP contribution is -2.25. The third-order valence-electron chi connectivity index (χ3n) is 3.38. The molecular weight excluding hydrogens is 288 g/mol. The van der Waals surface area contributed by atoms with Crippen LogP contribution in [0.1, 0.15) is 39.1 Å². The van der Waals surface area contributed by atoms with Crippen molar-refractivity contribution in [1.82, 2.24) is 24.7 Å². The maximum Gasteiger partial charge on any atom is 0.256 e. The van der Waals surface area contributed by atoms with E-state index in [4.69, 9.17) is 11.6 Å². The summed E-state index contributed by atoms with van der Waals surface area (Å²) in [6.45, 7) is 9.91. The zero-order valence-electron chi connectivity index (χ0n) is 13.0. The Morgan fingerprint density at radius 2 is 1.76 bits per heavy atom. The summed E-state index contributed by atoms with van der Waals surface area (Å²) in [5, 5.41) is 4.74. The molecule has 0 radical (unpaired) electrons. The Kier molecular flexibility index (Phi) is 5.12. The SMILES string of the molecule is CCc1cc(CC)n(-c2nc(Cl)nc(N(CC)CC)n2)n1. The van der Waals surface area contributed by atoms with Gasteiger partial charge in [-0.05, 0) is 44.4 Å². The first-order valence-electron chi connectivity index (χ1n) is 7.37. The van der Waals surface area contributed by atoms with Gasteiger partial charge < -0.3 is 4.90 Å². The van der Waals surface area contributed by atoms with Crippen molar-refractivity contribution in [2.45, 2.75) is 40.5 Å². The van der Waals surface area contributed by atoms with Gasteiger partial charge >= 0.3 is 0 Å². The van der Waals surface area contributed by atoms with Crippen LogP contribution in [0.25, 0.3) is 5.95 Å². The molecule has 7 heteroatoms. The molecule has 0 atom stereocenters. The van der Waals surface area contributed by atoms with E-state index in [1.54, 1.807) is 4.68 Å². The Labute approximate surface area is 130 Å². The van der Waals surface area contributed by atoms with Crippen LogP contribution in [-0.4, -0.2) is 37.8 Å². The van der Waals surface area contributed by atoms with Gasteiger partial charge in [-0.25, -0.2) is 4.68 Å². The lowest BCUT2D eigenvalue weighted by molar-refractivity contribution is 0.724. The minimum atomic E-state index is 0.192. The van der Waals surface area contributed by atoms with Crippen molar-refractivity contribution in [2.75, 3.05) is 18.0 Å². The van der Waals surface area contributed by atoms with Gasteiger partial charge in [0, 0.05) is 18.8 Å². The summed E-state index contributed by atoms with van der Waals surface area (Å²) in [4.78, 5) is 15.0. The lowest BCUT2D eigenvalue weighted by Gasteiger charge is -2.18. The molecule has 2 aromatic heterocycles. The van der Waals surface area contributed by atoms with Crippen LogP contribution in [0.5, 0.6) is 0 Å². The van der Waals surface area contributed by atoms with Crippen LogP contribution >= 0.6 is 11.6 Å². The molecule has 0 aliphatic rings. The van der Waals surface area contributed by atoms with Crippen LogP contribution in [0.2, 0.25) is 5.28 Å². The monoisotopic (exact) mass is 308 g/mol. The fraction of sp³-hybridized carbons (Fsp3) is 0.571. The summed E-state index contributed by atoms with van der Waals surface area (Å²) in [5.74, 6) is 1.07. The van der Waals surface area contributed by atoms with Gasteiger partial charge in [-0.2, -0.15) is 20.1 Å². The van der Waals surface area contributed by atoms with Crippen LogP contribution < -0.4 is 4.90 Å². The Bertz CT molecular complexity index is 606. The third-order valence-corrected chi connectivity index (χ3v) is 3.55. The normalized spacial score (nSPS) is 10.9. The summed E-state index contributed by atoms with van der Waals surface area (Å²) in [7, 11) is 0. The van der Waals surface area contributed by atoms with Gasteiger partial charge in [-0.3, -0.25) is 0 Å². The molecule has 0 N–H and O–H groups in total. The van der Waals surface area contributed by atoms with Gasteiger partial charge in [0.25, 0.3) is 5.95 Å². The van der Waals surface area contributed by atoms with E-state index in [9.17, 15) is 0 Å². The van der Waals surface area contributed by atoms with E-state index >= 15 is 0 Å². The highest BCUT2D eigenvalue weighted by Crippen LogP contribution is 2.16. The second-order valence-corrected chi connectivity index (χ2v) is 4.96. The molecule has 0 saturated carbocycles. The molecule has 0 bridgehead atoms. The van der Waals surface area contributed by atoms with Crippen molar-refractivity contribution in [3.63, 3.8) is 0 Å². The first kappa shape index (κ1) is 15.7. The van der Waals surface area contributed by atoms with Crippen molar-refractivity contribution in [2.24, 2.45) is 0 Å². The molecule has 2 rings (SSSR count). The Balaban J connectivity index is 2.51. The molecule has 0 unspecified atom stereocenters. The number of halogens is 1. The number of rotatable bonds is 6. The average molecular weight is 309 g/mol. The molecule has 2 heterocycles. The molecule has 114 valence electrons. The first-order chi connectivity index (χ1) is 10.1. The maximum absolute atomic E-state index is 6.06. The fourth-order valence-corrected chi connectivity index (χ4v) is 2.30. The zero-order chi connectivity index (χ0) is 15.4. The van der Waals surface area contributed by atoms with Gasteiger partial charge in [0.2, 0.25) is 11.2 Å². The van der Waals surface area contributed by atoms with Gasteiger partial charge in [0.05, 0.1) is 5.69 Å². The molecule has 6 nitrogen and oxygen atoms in total. The lowest BCUT2D eigenvalue weighted by atomic mass is 10.3. The van der Waals surface area contributed by atoms with Crippen LogP contribution in [-0.2, 0) is 12.8 Å². The second-order valence-electron chi connectivity index (χ2n) is 4.62. The van der Waals surface area contributed by atoms with E-state index in [0.717, 1.165) is 37.3 Å². The van der Waals surface area contributed by atoms with Gasteiger partial charge in [-0.1, -0.05) is 13.8 Å². The highest BCUT2D eigenvalue weighted by atomic mass is 35.5. The van der Waals surface area contributed by atoms with Crippen LogP contribution in [0.15, 0.2) is 6.07 Å². The third kappa shape index (κ3) is 3.32. The number of nitrogens with zero attached hydrogens (tertiary/aromatic N) is 6. The van der Waals surface area contributed by atoms with E-state index < -0.39 is 0 Å². The topological polar surface area (TPSA) is 59.7 Å². The van der Waals surface area contributed by atoms with E-state index in [1.807, 2.05) is 4.90 Å². The number of anilines is 1. The Morgan fingerprint density at radius 1 is 1.05 bits per heavy atom. The van der Waals surface area contributed by atoms with Crippen LogP contribution in [0.4, 0.5) is 5.95 Å². The smallest absolute Gasteiger partial charge is 0.256 e. The van der Waals surface area contributed by atoms with Crippen LogP contribution in [0.3, 0.4) is 0 Å². The standard InChI is InChI=1S/C14H21ClN6/c1-5-10-9-11(6-2)21(19-10)14-17-12(15)16-13(18-14)20(7-3)8-4/h9H,5-8H2,1-4H3. The quantitative estimate of drug-likeness (QED) is 0.821. The molecule has 2 aromatic rings. The van der Waals surface area contributed by atoms with Gasteiger partial charge in [0.15, 0.2) is 0 Å². The molecule has 0 aliphatic heterocycles. The highest BCUT2D eigenvalue weighted by Gasteiger charge is 2.15. The van der Waals surface area contributed by atoms with Crippen molar-refractivity contribution in [3.8, 4) is 5.95 Å². The molecule has 0 saturated heterocycles. The molecular formula is C14H21ClN6. The fourth-order valence-electron chi connectivity index (χ4n) is 2.14. The predicted octanol–water partition coefficient (Wildman–Crippen LogP) is 2.68. The van der Waals surface area contributed by atoms with E-state index in [0.29, 0.717) is 11.9 Å². The molecule has 0 aromatic carbocycles. The van der Waals surface area contributed by atoms with Crippen molar-refractivity contribution in [3.05, 3.63) is 22.7 Å². The van der Waals surface area contributed by atoms with E-state index in [1.165, 1.54) is 0 Å². The number of hydrogen-bond acceptors (Lipinski definition) is 5. The zero-order valence-corrected chi connectivity index (χ0v) is 13.7. The molecule has 21 heavy (non-hydrogen) atoms. The summed E-state index contributed by atoms with van der Waals surface area (Å²) in [5.41, 5.74) is 2.09. The largest absolute Gasteiger partial charge is 0.341 e. The molecule has 0 spiro atoms. The number of aryl methyl sites for hydroxylation is 2. The predicted molar refractivity (Wildman–Crippen MR) is 84.3 cm³/mol. The first-order valence-corrected chi connectivity index (χ1v) is 7.75. The number of aromatic nitrogens is 5. The second kappa shape index (κ2) is 6.85. The molecule has 0 amide bonds.